The minimum absolute atomic E-state index is 0.133. The summed E-state index contributed by atoms with van der Waals surface area (Å²) < 4.78 is 3.54. The van der Waals surface area contributed by atoms with Crippen LogP contribution >= 0.6 is 0 Å². The van der Waals surface area contributed by atoms with Crippen LogP contribution in [0.3, 0.4) is 0 Å². The number of rotatable bonds is 6. The van der Waals surface area contributed by atoms with Crippen LogP contribution < -0.4 is 5.73 Å². The van der Waals surface area contributed by atoms with Crippen molar-refractivity contribution in [1.82, 2.24) is 24.5 Å². The number of aromatic nitrogens is 4. The van der Waals surface area contributed by atoms with Crippen molar-refractivity contribution in [3.05, 3.63) is 35.9 Å². The van der Waals surface area contributed by atoms with Gasteiger partial charge in [-0.25, -0.2) is 0 Å². The highest BCUT2D eigenvalue weighted by Crippen LogP contribution is 2.33. The second-order valence-electron chi connectivity index (χ2n) is 6.92. The van der Waals surface area contributed by atoms with E-state index in [-0.39, 0.29) is 17.9 Å². The summed E-state index contributed by atoms with van der Waals surface area (Å²) in [5.74, 6) is -1.10. The van der Waals surface area contributed by atoms with Gasteiger partial charge in [-0.2, -0.15) is 10.2 Å². The van der Waals surface area contributed by atoms with Gasteiger partial charge in [0.25, 0.3) is 5.91 Å². The van der Waals surface area contributed by atoms with Crippen LogP contribution in [0.15, 0.2) is 24.7 Å². The van der Waals surface area contributed by atoms with Gasteiger partial charge in [0.2, 0.25) is 5.91 Å². The van der Waals surface area contributed by atoms with E-state index in [1.54, 1.807) is 21.8 Å². The Morgan fingerprint density at radius 3 is 2.62 bits per heavy atom. The number of carbonyl (C=O) groups is 2. The number of nitrogens with two attached hydrogens (primary N) is 1. The van der Waals surface area contributed by atoms with E-state index >= 15 is 0 Å². The maximum absolute atomic E-state index is 12.9. The Morgan fingerprint density at radius 1 is 1.31 bits per heavy atom. The average molecular weight is 358 g/mol. The first-order chi connectivity index (χ1) is 12.4. The Morgan fingerprint density at radius 2 is 2.04 bits per heavy atom. The minimum Gasteiger partial charge on any atom is -0.369 e. The van der Waals surface area contributed by atoms with Crippen molar-refractivity contribution in [1.29, 1.82) is 0 Å². The van der Waals surface area contributed by atoms with Crippen LogP contribution in [0, 0.1) is 5.92 Å². The van der Waals surface area contributed by atoms with E-state index in [0.29, 0.717) is 18.8 Å². The van der Waals surface area contributed by atoms with Crippen LogP contribution in [0.1, 0.15) is 54.7 Å². The molecule has 2 amide bonds. The van der Waals surface area contributed by atoms with Gasteiger partial charge in [0, 0.05) is 38.4 Å². The molecule has 2 atom stereocenters. The third kappa shape index (κ3) is 3.36. The fraction of sp³-hybridized carbons (Fsp3) is 0.556. The van der Waals surface area contributed by atoms with Crippen molar-refractivity contribution in [3.8, 4) is 0 Å². The average Bonchev–Trinajstić information content (AvgIpc) is 3.34. The van der Waals surface area contributed by atoms with E-state index in [2.05, 4.69) is 24.0 Å². The number of hydrogen-bond donors (Lipinski definition) is 1. The molecule has 0 saturated carbocycles. The maximum Gasteiger partial charge on any atom is 0.274 e. The fourth-order valence-electron chi connectivity index (χ4n) is 3.71. The molecule has 1 aliphatic heterocycles. The number of hydrogen-bond acceptors (Lipinski definition) is 4. The molecule has 1 aliphatic rings. The molecule has 0 aromatic carbocycles. The van der Waals surface area contributed by atoms with Crippen LogP contribution in [0.2, 0.25) is 0 Å². The van der Waals surface area contributed by atoms with E-state index < -0.39 is 11.8 Å². The van der Waals surface area contributed by atoms with Crippen molar-refractivity contribution in [3.63, 3.8) is 0 Å². The van der Waals surface area contributed by atoms with Crippen LogP contribution in [0.25, 0.3) is 0 Å². The van der Waals surface area contributed by atoms with Gasteiger partial charge in [0.1, 0.15) is 5.69 Å². The molecule has 0 unspecified atom stereocenters. The van der Waals surface area contributed by atoms with Crippen LogP contribution in [-0.4, -0.2) is 49.4 Å². The zero-order valence-electron chi connectivity index (χ0n) is 15.5. The molecule has 3 rings (SSSR count). The van der Waals surface area contributed by atoms with E-state index in [1.165, 1.54) is 0 Å². The lowest BCUT2D eigenvalue weighted by atomic mass is 9.90. The van der Waals surface area contributed by atoms with E-state index in [4.69, 9.17) is 5.73 Å². The molecular formula is C18H26N6O2. The third-order valence-electron chi connectivity index (χ3n) is 5.27. The highest BCUT2D eigenvalue weighted by atomic mass is 16.2. The topological polar surface area (TPSA) is 99.0 Å². The van der Waals surface area contributed by atoms with Crippen LogP contribution in [-0.2, 0) is 11.8 Å². The standard InChI is InChI=1S/C18H26N6O2/c1-4-13(5-2)24-7-6-16(21-24)18(26)23-10-14(15(11-23)17(19)25)12-8-20-22(3)9-12/h6-9,13-15H,4-5,10-11H2,1-3H3,(H2,19,25)/t14-,15+/m1/s1. The van der Waals surface area contributed by atoms with Crippen molar-refractivity contribution >= 4 is 11.8 Å². The summed E-state index contributed by atoms with van der Waals surface area (Å²) >= 11 is 0. The molecule has 2 aromatic rings. The summed E-state index contributed by atoms with van der Waals surface area (Å²) in [4.78, 5) is 26.5. The highest BCUT2D eigenvalue weighted by Gasteiger charge is 2.40. The molecule has 8 nitrogen and oxygen atoms in total. The Kier molecular flexibility index (Phi) is 5.11. The quantitative estimate of drug-likeness (QED) is 0.842. The third-order valence-corrected chi connectivity index (χ3v) is 5.27. The molecule has 0 spiro atoms. The zero-order chi connectivity index (χ0) is 18.8. The zero-order valence-corrected chi connectivity index (χ0v) is 15.5. The molecule has 0 radical (unpaired) electrons. The number of likely N-dealkylation sites (tertiary alicyclic amines) is 1. The molecule has 0 bridgehead atoms. The van der Waals surface area contributed by atoms with E-state index in [1.807, 2.05) is 24.1 Å². The number of aryl methyl sites for hydroxylation is 1. The Balaban J connectivity index is 1.79. The first kappa shape index (κ1) is 18.2. The Labute approximate surface area is 152 Å². The Hall–Kier alpha value is -2.64. The lowest BCUT2D eigenvalue weighted by Crippen LogP contribution is -2.32. The second kappa shape index (κ2) is 7.31. The summed E-state index contributed by atoms with van der Waals surface area (Å²) in [5.41, 5.74) is 6.92. The molecule has 26 heavy (non-hydrogen) atoms. The molecule has 0 aliphatic carbocycles. The summed E-state index contributed by atoms with van der Waals surface area (Å²) in [7, 11) is 1.82. The maximum atomic E-state index is 12.9. The molecule has 3 heterocycles. The van der Waals surface area contributed by atoms with E-state index in [9.17, 15) is 9.59 Å². The second-order valence-corrected chi connectivity index (χ2v) is 6.92. The summed E-state index contributed by atoms with van der Waals surface area (Å²) in [5, 5.41) is 8.63. The van der Waals surface area contributed by atoms with Gasteiger partial charge in [-0.3, -0.25) is 19.0 Å². The normalized spacial score (nSPS) is 20.1. The van der Waals surface area contributed by atoms with Gasteiger partial charge in [0.15, 0.2) is 0 Å². The van der Waals surface area contributed by atoms with Crippen LogP contribution in [0.4, 0.5) is 0 Å². The lowest BCUT2D eigenvalue weighted by Gasteiger charge is -2.15. The summed E-state index contributed by atoms with van der Waals surface area (Å²) in [6, 6.07) is 2.04. The summed E-state index contributed by atoms with van der Waals surface area (Å²) in [6.07, 6.45) is 7.38. The van der Waals surface area contributed by atoms with Crippen LogP contribution in [0.5, 0.6) is 0 Å². The number of primary amides is 1. The molecule has 1 saturated heterocycles. The monoisotopic (exact) mass is 358 g/mol. The van der Waals surface area contributed by atoms with Crippen molar-refractivity contribution in [2.45, 2.75) is 38.6 Å². The fourth-order valence-corrected chi connectivity index (χ4v) is 3.71. The Bertz CT molecular complexity index is 791. The molecule has 2 aromatic heterocycles. The van der Waals surface area contributed by atoms with Gasteiger partial charge < -0.3 is 10.6 Å². The highest BCUT2D eigenvalue weighted by molar-refractivity contribution is 5.93. The largest absolute Gasteiger partial charge is 0.369 e. The van der Waals surface area contributed by atoms with E-state index in [0.717, 1.165) is 18.4 Å². The van der Waals surface area contributed by atoms with Gasteiger partial charge in [-0.1, -0.05) is 13.8 Å². The van der Waals surface area contributed by atoms with Gasteiger partial charge in [-0.05, 0) is 24.5 Å². The van der Waals surface area contributed by atoms with Gasteiger partial charge in [0.05, 0.1) is 18.2 Å². The van der Waals surface area contributed by atoms with Gasteiger partial charge in [-0.15, -0.1) is 0 Å². The van der Waals surface area contributed by atoms with Crippen molar-refractivity contribution in [2.75, 3.05) is 13.1 Å². The number of nitrogens with zero attached hydrogens (tertiary/aromatic N) is 5. The molecular weight excluding hydrogens is 332 g/mol. The lowest BCUT2D eigenvalue weighted by molar-refractivity contribution is -0.121. The van der Waals surface area contributed by atoms with Crippen molar-refractivity contribution in [2.24, 2.45) is 18.7 Å². The summed E-state index contributed by atoms with van der Waals surface area (Å²) in [6.45, 7) is 4.96. The predicted octanol–water partition coefficient (Wildman–Crippen LogP) is 1.32. The minimum atomic E-state index is -0.413. The first-order valence-electron chi connectivity index (χ1n) is 9.06. The van der Waals surface area contributed by atoms with Gasteiger partial charge >= 0.3 is 0 Å². The molecule has 140 valence electrons. The number of carbonyl (C=O) groups excluding carboxylic acids is 2. The smallest absolute Gasteiger partial charge is 0.274 e. The number of amides is 2. The SMILES string of the molecule is CCC(CC)n1ccc(C(=O)N2C[C@H](C(N)=O)[C@@H](c3cnn(C)c3)C2)n1. The molecule has 8 heteroatoms. The predicted molar refractivity (Wildman–Crippen MR) is 96.4 cm³/mol. The first-order valence-corrected chi connectivity index (χ1v) is 9.06. The molecule has 2 N–H and O–H groups in total. The molecule has 1 fully saturated rings. The van der Waals surface area contributed by atoms with Crippen molar-refractivity contribution < 1.29 is 9.59 Å².